The number of carbonyl (C=O) groups excluding carboxylic acids is 2. The predicted molar refractivity (Wildman–Crippen MR) is 129 cm³/mol. The van der Waals surface area contributed by atoms with Gasteiger partial charge in [0, 0.05) is 36.7 Å². The summed E-state index contributed by atoms with van der Waals surface area (Å²) in [6.07, 6.45) is 0. The number of carbonyl (C=O) groups is 2. The molecular weight excluding hydrogens is 406 g/mol. The summed E-state index contributed by atoms with van der Waals surface area (Å²) in [4.78, 5) is 29.1. The van der Waals surface area contributed by atoms with Crippen molar-refractivity contribution in [1.29, 1.82) is 0 Å². The Balaban J connectivity index is 1.56. The van der Waals surface area contributed by atoms with Gasteiger partial charge in [0.25, 0.3) is 5.91 Å². The molecule has 1 N–H and O–H groups in total. The topological polar surface area (TPSA) is 52.7 Å². The van der Waals surface area contributed by atoms with Gasteiger partial charge in [0.05, 0.1) is 5.75 Å². The summed E-state index contributed by atoms with van der Waals surface area (Å²) in [7, 11) is 3.98. The van der Waals surface area contributed by atoms with Crippen LogP contribution in [0.2, 0.25) is 0 Å². The van der Waals surface area contributed by atoms with E-state index in [0.29, 0.717) is 17.0 Å². The monoisotopic (exact) mass is 431 g/mol. The van der Waals surface area contributed by atoms with E-state index >= 15 is 0 Å². The van der Waals surface area contributed by atoms with Crippen LogP contribution in [0.1, 0.15) is 26.9 Å². The maximum atomic E-state index is 12.7. The summed E-state index contributed by atoms with van der Waals surface area (Å²) in [5, 5.41) is 2.84. The minimum Gasteiger partial charge on any atom is -0.378 e. The van der Waals surface area contributed by atoms with Gasteiger partial charge < -0.3 is 10.2 Å². The first kappa shape index (κ1) is 21.0. The number of nitrogens with one attached hydrogen (secondary N) is 1. The lowest BCUT2D eigenvalue weighted by molar-refractivity contribution is -0.115. The van der Waals surface area contributed by atoms with Crippen molar-refractivity contribution in [3.63, 3.8) is 0 Å². The second kappa shape index (κ2) is 8.86. The Bertz CT molecular complexity index is 1090. The Labute approximate surface area is 187 Å². The molecule has 0 aliphatic carbocycles. The van der Waals surface area contributed by atoms with Crippen molar-refractivity contribution in [1.82, 2.24) is 0 Å². The molecule has 1 aliphatic heterocycles. The summed E-state index contributed by atoms with van der Waals surface area (Å²) in [6.45, 7) is 1.99. The fourth-order valence-corrected chi connectivity index (χ4v) is 4.71. The predicted octanol–water partition coefficient (Wildman–Crippen LogP) is 5.09. The Morgan fingerprint density at radius 1 is 1.03 bits per heavy atom. The molecule has 31 heavy (non-hydrogen) atoms. The molecule has 0 saturated carbocycles. The number of aryl methyl sites for hydroxylation is 1. The van der Waals surface area contributed by atoms with E-state index in [9.17, 15) is 9.59 Å². The number of hydrogen-bond acceptors (Lipinski definition) is 4. The van der Waals surface area contributed by atoms with Gasteiger partial charge in [0.2, 0.25) is 5.91 Å². The average molecular weight is 432 g/mol. The number of benzene rings is 3. The van der Waals surface area contributed by atoms with Crippen LogP contribution in [-0.2, 0) is 4.79 Å². The fraction of sp³-hybridized carbons (Fsp3) is 0.200. The molecule has 6 heteroatoms. The van der Waals surface area contributed by atoms with E-state index in [2.05, 4.69) is 5.32 Å². The third-order valence-corrected chi connectivity index (χ3v) is 6.47. The van der Waals surface area contributed by atoms with E-state index in [1.165, 1.54) is 0 Å². The number of hydrogen-bond donors (Lipinski definition) is 1. The molecule has 1 fully saturated rings. The molecule has 1 heterocycles. The van der Waals surface area contributed by atoms with Gasteiger partial charge in [-0.2, -0.15) is 0 Å². The highest BCUT2D eigenvalue weighted by atomic mass is 32.2. The Morgan fingerprint density at radius 3 is 2.42 bits per heavy atom. The Morgan fingerprint density at radius 2 is 1.74 bits per heavy atom. The minimum atomic E-state index is -0.150. The third-order valence-electron chi connectivity index (χ3n) is 5.26. The molecule has 0 aromatic heterocycles. The Hall–Kier alpha value is -3.25. The van der Waals surface area contributed by atoms with Crippen LogP contribution < -0.4 is 15.1 Å². The van der Waals surface area contributed by atoms with E-state index in [-0.39, 0.29) is 17.2 Å². The molecule has 0 radical (unpaired) electrons. The molecule has 3 aromatic carbocycles. The van der Waals surface area contributed by atoms with Crippen LogP contribution in [0, 0.1) is 6.92 Å². The molecule has 5 nitrogen and oxygen atoms in total. The maximum absolute atomic E-state index is 12.7. The standard InChI is InChI=1S/C25H25N3O2S/c1-17-7-9-18(10-8-17)24(30)26-20-6-4-5-19(15-20)25-28(23(29)16-31-25)22-13-11-21(12-14-22)27(2)3/h4-15,25H,16H2,1-3H3,(H,26,30)/t25-/m0/s1. The van der Waals surface area contributed by atoms with Gasteiger partial charge in [-0.05, 0) is 61.0 Å². The molecule has 2 amide bonds. The van der Waals surface area contributed by atoms with E-state index in [0.717, 1.165) is 22.5 Å². The SMILES string of the molecule is Cc1ccc(C(=O)Nc2cccc([C@@H]3SCC(=O)N3c3ccc(N(C)C)cc3)c2)cc1. The van der Waals surface area contributed by atoms with Crippen LogP contribution in [0.4, 0.5) is 17.1 Å². The van der Waals surface area contributed by atoms with Crippen molar-refractivity contribution >= 4 is 40.6 Å². The van der Waals surface area contributed by atoms with E-state index in [1.54, 1.807) is 11.8 Å². The van der Waals surface area contributed by atoms with Crippen LogP contribution in [0.15, 0.2) is 72.8 Å². The van der Waals surface area contributed by atoms with Crippen molar-refractivity contribution in [3.05, 3.63) is 89.5 Å². The zero-order valence-electron chi connectivity index (χ0n) is 17.8. The van der Waals surface area contributed by atoms with Crippen molar-refractivity contribution in [2.24, 2.45) is 0 Å². The molecule has 158 valence electrons. The molecule has 0 spiro atoms. The van der Waals surface area contributed by atoms with Gasteiger partial charge in [-0.25, -0.2) is 0 Å². The summed E-state index contributed by atoms with van der Waals surface area (Å²) >= 11 is 1.60. The highest BCUT2D eigenvalue weighted by molar-refractivity contribution is 8.00. The molecular formula is C25H25N3O2S. The quantitative estimate of drug-likeness (QED) is 0.611. The van der Waals surface area contributed by atoms with Gasteiger partial charge >= 0.3 is 0 Å². The summed E-state index contributed by atoms with van der Waals surface area (Å²) in [5.41, 5.74) is 5.38. The van der Waals surface area contributed by atoms with E-state index < -0.39 is 0 Å². The Kier molecular flexibility index (Phi) is 6.00. The first-order valence-electron chi connectivity index (χ1n) is 10.1. The molecule has 0 bridgehead atoms. The molecule has 1 aliphatic rings. The fourth-order valence-electron chi connectivity index (χ4n) is 3.54. The smallest absolute Gasteiger partial charge is 0.255 e. The summed E-state index contributed by atoms with van der Waals surface area (Å²) in [6, 6.07) is 23.2. The highest BCUT2D eigenvalue weighted by Gasteiger charge is 2.34. The van der Waals surface area contributed by atoms with Gasteiger partial charge in [-0.15, -0.1) is 11.8 Å². The van der Waals surface area contributed by atoms with Crippen LogP contribution in [-0.4, -0.2) is 31.7 Å². The van der Waals surface area contributed by atoms with E-state index in [1.807, 2.05) is 104 Å². The first-order valence-corrected chi connectivity index (χ1v) is 11.2. The number of thioether (sulfide) groups is 1. The van der Waals surface area contributed by atoms with Crippen LogP contribution in [0.25, 0.3) is 0 Å². The lowest BCUT2D eigenvalue weighted by Crippen LogP contribution is -2.27. The second-order valence-corrected chi connectivity index (χ2v) is 8.85. The summed E-state index contributed by atoms with van der Waals surface area (Å²) in [5.74, 6) is 0.366. The zero-order valence-corrected chi connectivity index (χ0v) is 18.6. The van der Waals surface area contributed by atoms with Crippen LogP contribution >= 0.6 is 11.8 Å². The molecule has 3 aromatic rings. The lowest BCUT2D eigenvalue weighted by Gasteiger charge is -2.25. The first-order chi connectivity index (χ1) is 14.9. The molecule has 0 unspecified atom stereocenters. The number of anilines is 3. The van der Waals surface area contributed by atoms with Crippen molar-refractivity contribution in [3.8, 4) is 0 Å². The van der Waals surface area contributed by atoms with Crippen molar-refractivity contribution in [2.75, 3.05) is 35.0 Å². The second-order valence-electron chi connectivity index (χ2n) is 7.78. The number of amides is 2. The molecule has 1 saturated heterocycles. The highest BCUT2D eigenvalue weighted by Crippen LogP contribution is 2.42. The minimum absolute atomic E-state index is 0.0849. The molecule has 1 atom stereocenters. The van der Waals surface area contributed by atoms with Crippen LogP contribution in [0.3, 0.4) is 0 Å². The summed E-state index contributed by atoms with van der Waals surface area (Å²) < 4.78 is 0. The van der Waals surface area contributed by atoms with Gasteiger partial charge in [-0.3, -0.25) is 14.5 Å². The van der Waals surface area contributed by atoms with Gasteiger partial charge in [0.1, 0.15) is 5.37 Å². The van der Waals surface area contributed by atoms with Gasteiger partial charge in [-0.1, -0.05) is 29.8 Å². The normalized spacial score (nSPS) is 15.8. The molecule has 4 rings (SSSR count). The zero-order chi connectivity index (χ0) is 22.0. The maximum Gasteiger partial charge on any atom is 0.255 e. The average Bonchev–Trinajstić information content (AvgIpc) is 3.16. The lowest BCUT2D eigenvalue weighted by atomic mass is 10.1. The third kappa shape index (κ3) is 4.59. The number of nitrogens with zero attached hydrogens (tertiary/aromatic N) is 2. The van der Waals surface area contributed by atoms with Crippen molar-refractivity contribution < 1.29 is 9.59 Å². The van der Waals surface area contributed by atoms with Crippen molar-refractivity contribution in [2.45, 2.75) is 12.3 Å². The van der Waals surface area contributed by atoms with E-state index in [4.69, 9.17) is 0 Å². The number of rotatable bonds is 5. The van der Waals surface area contributed by atoms with Gasteiger partial charge in [0.15, 0.2) is 0 Å². The largest absolute Gasteiger partial charge is 0.378 e. The van der Waals surface area contributed by atoms with Crippen LogP contribution in [0.5, 0.6) is 0 Å².